The number of esters is 1. The zero-order valence-electron chi connectivity index (χ0n) is 26.5. The van der Waals surface area contributed by atoms with Crippen molar-refractivity contribution in [2.45, 2.75) is 88.0 Å². The van der Waals surface area contributed by atoms with E-state index < -0.39 is 41.7 Å². The summed E-state index contributed by atoms with van der Waals surface area (Å²) in [5.41, 5.74) is 1.40. The molecule has 0 saturated carbocycles. The Hall–Kier alpha value is -3.02. The number of carbonyl (C=O) groups excluding carboxylic acids is 4. The van der Waals surface area contributed by atoms with E-state index in [-0.39, 0.29) is 48.8 Å². The fourth-order valence-electron chi connectivity index (χ4n) is 6.98. The SMILES string of the molecule is C=CCCC(=O)NC[C@@H](C)OC(=O)[C@@H]1[C@H]2O[C@@]3(CC2Br)[C@H](C(=O)N(CC=C)c2cc(C)ccc2C)N(CCCCCO)C(=O)[C@@H]13. The second-order valence-corrected chi connectivity index (χ2v) is 13.6. The van der Waals surface area contributed by atoms with Crippen molar-refractivity contribution in [3.8, 4) is 0 Å². The fraction of sp³-hybridized carbons (Fsp3) is 0.588. The van der Waals surface area contributed by atoms with E-state index in [0.29, 0.717) is 38.5 Å². The molecule has 3 amide bonds. The maximum Gasteiger partial charge on any atom is 0.312 e. The van der Waals surface area contributed by atoms with Gasteiger partial charge < -0.3 is 29.7 Å². The first kappa shape index (κ1) is 34.8. The largest absolute Gasteiger partial charge is 0.460 e. The molecule has 10 nitrogen and oxygen atoms in total. The number of anilines is 1. The number of nitrogens with one attached hydrogen (secondary N) is 1. The molecule has 1 aromatic rings. The van der Waals surface area contributed by atoms with Crippen LogP contribution in [0.1, 0.15) is 56.6 Å². The number of nitrogens with zero attached hydrogens (tertiary/aromatic N) is 2. The predicted molar refractivity (Wildman–Crippen MR) is 175 cm³/mol. The van der Waals surface area contributed by atoms with Gasteiger partial charge in [-0.15, -0.1) is 13.2 Å². The van der Waals surface area contributed by atoms with E-state index >= 15 is 0 Å². The minimum atomic E-state index is -1.23. The van der Waals surface area contributed by atoms with Crippen LogP contribution in [0.4, 0.5) is 5.69 Å². The fourth-order valence-corrected chi connectivity index (χ4v) is 7.92. The minimum Gasteiger partial charge on any atom is -0.460 e. The van der Waals surface area contributed by atoms with Gasteiger partial charge in [-0.3, -0.25) is 19.2 Å². The summed E-state index contributed by atoms with van der Waals surface area (Å²) in [5, 5.41) is 12.1. The number of hydrogen-bond donors (Lipinski definition) is 2. The Morgan fingerprint density at radius 2 is 2.00 bits per heavy atom. The average Bonchev–Trinajstić information content (AvgIpc) is 3.60. The number of halogens is 1. The van der Waals surface area contributed by atoms with Gasteiger partial charge in [0.2, 0.25) is 11.8 Å². The molecule has 3 heterocycles. The summed E-state index contributed by atoms with van der Waals surface area (Å²) in [7, 11) is 0. The van der Waals surface area contributed by atoms with E-state index in [9.17, 15) is 24.3 Å². The van der Waals surface area contributed by atoms with Crippen molar-refractivity contribution in [2.75, 3.05) is 31.1 Å². The molecule has 0 aliphatic carbocycles. The number of aliphatic hydroxyl groups excluding tert-OH is 1. The molecule has 246 valence electrons. The van der Waals surface area contributed by atoms with Crippen molar-refractivity contribution in [2.24, 2.45) is 11.8 Å². The molecule has 0 aromatic heterocycles. The monoisotopic (exact) mass is 687 g/mol. The molecule has 4 rings (SSSR count). The number of fused-ring (bicyclic) bond motifs is 1. The van der Waals surface area contributed by atoms with Gasteiger partial charge in [0.25, 0.3) is 5.91 Å². The average molecular weight is 689 g/mol. The van der Waals surface area contributed by atoms with Crippen LogP contribution < -0.4 is 10.2 Å². The minimum absolute atomic E-state index is 0.0412. The van der Waals surface area contributed by atoms with Crippen LogP contribution in [-0.2, 0) is 28.7 Å². The number of aryl methyl sites for hydroxylation is 2. The molecule has 7 atom stereocenters. The summed E-state index contributed by atoms with van der Waals surface area (Å²) in [4.78, 5) is 57.9. The maximum absolute atomic E-state index is 14.7. The number of allylic oxidation sites excluding steroid dienone is 1. The van der Waals surface area contributed by atoms with Gasteiger partial charge in [0.05, 0.1) is 24.5 Å². The number of carbonyl (C=O) groups is 4. The zero-order chi connectivity index (χ0) is 32.9. The Morgan fingerprint density at radius 1 is 1.24 bits per heavy atom. The van der Waals surface area contributed by atoms with Crippen molar-refractivity contribution >= 4 is 45.3 Å². The first-order chi connectivity index (χ1) is 21.5. The van der Waals surface area contributed by atoms with Crippen LogP contribution in [0.3, 0.4) is 0 Å². The Labute approximate surface area is 274 Å². The first-order valence-electron chi connectivity index (χ1n) is 15.8. The van der Waals surface area contributed by atoms with Crippen molar-refractivity contribution in [3.63, 3.8) is 0 Å². The normalized spacial score (nSPS) is 27.2. The summed E-state index contributed by atoms with van der Waals surface area (Å²) < 4.78 is 12.4. The quantitative estimate of drug-likeness (QED) is 0.117. The third-order valence-electron chi connectivity index (χ3n) is 9.07. The van der Waals surface area contributed by atoms with E-state index in [1.165, 1.54) is 0 Å². The lowest BCUT2D eigenvalue weighted by molar-refractivity contribution is -0.159. The predicted octanol–water partition coefficient (Wildman–Crippen LogP) is 3.75. The van der Waals surface area contributed by atoms with Crippen molar-refractivity contribution in [1.82, 2.24) is 10.2 Å². The molecule has 3 aliphatic rings. The molecule has 3 aliphatic heterocycles. The first-order valence-corrected chi connectivity index (χ1v) is 16.7. The number of hydrogen-bond acceptors (Lipinski definition) is 7. The lowest BCUT2D eigenvalue weighted by Crippen LogP contribution is -2.57. The van der Waals surface area contributed by atoms with E-state index in [0.717, 1.165) is 16.8 Å². The second-order valence-electron chi connectivity index (χ2n) is 12.4. The van der Waals surface area contributed by atoms with Crippen LogP contribution in [0.15, 0.2) is 43.5 Å². The Balaban J connectivity index is 1.65. The Kier molecular flexibility index (Phi) is 11.7. The lowest BCUT2D eigenvalue weighted by Gasteiger charge is -2.37. The van der Waals surface area contributed by atoms with Crippen LogP contribution in [0.5, 0.6) is 0 Å². The van der Waals surface area contributed by atoms with Gasteiger partial charge in [0.15, 0.2) is 0 Å². The van der Waals surface area contributed by atoms with Gasteiger partial charge in [0, 0.05) is 36.6 Å². The highest BCUT2D eigenvalue weighted by Gasteiger charge is 2.77. The van der Waals surface area contributed by atoms with Crippen LogP contribution in [0, 0.1) is 25.7 Å². The van der Waals surface area contributed by atoms with E-state index in [4.69, 9.17) is 9.47 Å². The third kappa shape index (κ3) is 7.05. The van der Waals surface area contributed by atoms with Crippen LogP contribution >= 0.6 is 15.9 Å². The highest BCUT2D eigenvalue weighted by Crippen LogP contribution is 2.60. The number of ether oxygens (including phenoxy) is 2. The molecular weight excluding hydrogens is 642 g/mol. The van der Waals surface area contributed by atoms with Gasteiger partial charge >= 0.3 is 5.97 Å². The number of likely N-dealkylation sites (tertiary alicyclic amines) is 1. The summed E-state index contributed by atoms with van der Waals surface area (Å²) >= 11 is 3.70. The smallest absolute Gasteiger partial charge is 0.312 e. The number of rotatable bonds is 16. The Morgan fingerprint density at radius 3 is 2.69 bits per heavy atom. The lowest BCUT2D eigenvalue weighted by atomic mass is 9.70. The van der Waals surface area contributed by atoms with E-state index in [2.05, 4.69) is 34.4 Å². The summed E-state index contributed by atoms with van der Waals surface area (Å²) in [6.07, 6.45) is 5.10. The highest BCUT2D eigenvalue weighted by atomic mass is 79.9. The third-order valence-corrected chi connectivity index (χ3v) is 9.91. The summed E-state index contributed by atoms with van der Waals surface area (Å²) in [6.45, 7) is 13.8. The maximum atomic E-state index is 14.7. The second kappa shape index (κ2) is 15.0. The van der Waals surface area contributed by atoms with Crippen molar-refractivity contribution in [3.05, 3.63) is 54.6 Å². The molecule has 3 fully saturated rings. The van der Waals surface area contributed by atoms with E-state index in [1.54, 1.807) is 28.9 Å². The molecule has 0 radical (unpaired) electrons. The number of amides is 3. The molecule has 2 N–H and O–H groups in total. The number of alkyl halides is 1. The topological polar surface area (TPSA) is 125 Å². The number of unbranched alkanes of at least 4 members (excludes halogenated alkanes) is 2. The molecule has 2 bridgehead atoms. The van der Waals surface area contributed by atoms with E-state index in [1.807, 2.05) is 32.0 Å². The van der Waals surface area contributed by atoms with Gasteiger partial charge in [-0.1, -0.05) is 40.2 Å². The van der Waals surface area contributed by atoms with Crippen molar-refractivity contribution in [1.29, 1.82) is 0 Å². The summed E-state index contributed by atoms with van der Waals surface area (Å²) in [5.74, 6) is -3.15. The van der Waals surface area contributed by atoms with Gasteiger partial charge in [-0.05, 0) is 70.1 Å². The summed E-state index contributed by atoms with van der Waals surface area (Å²) in [6, 6.07) is 4.93. The van der Waals surface area contributed by atoms with Gasteiger partial charge in [0.1, 0.15) is 17.7 Å². The molecule has 1 spiro atoms. The molecule has 1 aromatic carbocycles. The van der Waals surface area contributed by atoms with Crippen molar-refractivity contribution < 1.29 is 33.8 Å². The molecular formula is C34H46BrN3O7. The molecule has 45 heavy (non-hydrogen) atoms. The van der Waals surface area contributed by atoms with Crippen LogP contribution in [0.25, 0.3) is 0 Å². The molecule has 3 saturated heterocycles. The Bertz CT molecular complexity index is 1300. The molecule has 1 unspecified atom stereocenters. The standard InChI is InChI=1S/C34H46BrN3O7/c1-6-8-12-26(40)36-20-23(5)44-33(43)27-28-31(41)38(16-10-9-11-17-39)30(34(28)19-24(35)29(27)45-34)32(42)37(15-7-2)25-18-21(3)13-14-22(25)4/h6-7,13-14,18,23-24,27-30,39H,1-2,8-12,15-17,19-20H2,3-5H3,(H,36,40)/t23-,24?,27+,28-,29+,30+,34-/m1/s1. The van der Waals surface area contributed by atoms with Crippen LogP contribution in [0.2, 0.25) is 0 Å². The zero-order valence-corrected chi connectivity index (χ0v) is 28.1. The van der Waals surface area contributed by atoms with Gasteiger partial charge in [-0.25, -0.2) is 0 Å². The molecule has 11 heteroatoms. The van der Waals surface area contributed by atoms with Crippen LogP contribution in [-0.4, -0.2) is 88.6 Å². The number of benzene rings is 1. The van der Waals surface area contributed by atoms with Gasteiger partial charge in [-0.2, -0.15) is 0 Å². The highest BCUT2D eigenvalue weighted by molar-refractivity contribution is 9.09. The number of aliphatic hydroxyl groups is 1.